The van der Waals surface area contributed by atoms with Crippen LogP contribution in [0.2, 0.25) is 0 Å². The largest absolute Gasteiger partial charge is 0.491 e. The highest BCUT2D eigenvalue weighted by Crippen LogP contribution is 2.24. The maximum absolute atomic E-state index is 10.3. The van der Waals surface area contributed by atoms with Crippen LogP contribution >= 0.6 is 11.8 Å². The summed E-state index contributed by atoms with van der Waals surface area (Å²) in [7, 11) is 0. The van der Waals surface area contributed by atoms with Gasteiger partial charge in [-0.1, -0.05) is 36.0 Å². The molecule has 0 aliphatic heterocycles. The summed E-state index contributed by atoms with van der Waals surface area (Å²) in [6.07, 6.45) is -0.599. The van der Waals surface area contributed by atoms with Gasteiger partial charge >= 0.3 is 0 Å². The van der Waals surface area contributed by atoms with E-state index in [0.29, 0.717) is 5.75 Å². The van der Waals surface area contributed by atoms with Crippen molar-refractivity contribution < 1.29 is 9.84 Å². The number of thioether (sulfide) groups is 1. The van der Waals surface area contributed by atoms with E-state index in [2.05, 4.69) is 35.3 Å². The standard InChI is InChI=1S/C21H25N3O2S/c1-14-6-5-7-18(10-14)24-17(4)22-23-21(24)27-13-19(25)12-26-20-11-15(2)8-9-16(20)3/h5-11,19,25H,12-13H2,1-4H3/t19-/m1/s1. The lowest BCUT2D eigenvalue weighted by molar-refractivity contribution is 0.126. The number of benzene rings is 2. The van der Waals surface area contributed by atoms with Gasteiger partial charge in [0.05, 0.1) is 6.10 Å². The molecule has 0 unspecified atom stereocenters. The van der Waals surface area contributed by atoms with Gasteiger partial charge in [0, 0.05) is 11.4 Å². The van der Waals surface area contributed by atoms with Crippen LogP contribution in [0.25, 0.3) is 5.69 Å². The molecular weight excluding hydrogens is 358 g/mol. The van der Waals surface area contributed by atoms with Crippen molar-refractivity contribution in [3.63, 3.8) is 0 Å². The number of hydrogen-bond donors (Lipinski definition) is 1. The van der Waals surface area contributed by atoms with Gasteiger partial charge in [0.1, 0.15) is 18.2 Å². The normalized spacial score (nSPS) is 12.2. The Balaban J connectivity index is 1.63. The van der Waals surface area contributed by atoms with Crippen LogP contribution in [0.5, 0.6) is 5.75 Å². The SMILES string of the molecule is Cc1cccc(-n2c(C)nnc2SC[C@H](O)COc2cc(C)ccc2C)c1. The van der Waals surface area contributed by atoms with E-state index in [9.17, 15) is 5.11 Å². The molecule has 1 N–H and O–H groups in total. The molecule has 0 fully saturated rings. The summed E-state index contributed by atoms with van der Waals surface area (Å²) in [5, 5.41) is 19.6. The fourth-order valence-corrected chi connectivity index (χ4v) is 3.67. The summed E-state index contributed by atoms with van der Waals surface area (Å²) >= 11 is 1.48. The molecule has 0 amide bonds. The highest BCUT2D eigenvalue weighted by Gasteiger charge is 2.14. The minimum absolute atomic E-state index is 0.245. The van der Waals surface area contributed by atoms with Crippen LogP contribution in [0.4, 0.5) is 0 Å². The Labute approximate surface area is 164 Å². The first-order chi connectivity index (χ1) is 12.9. The maximum Gasteiger partial charge on any atom is 0.195 e. The van der Waals surface area contributed by atoms with Gasteiger partial charge in [-0.25, -0.2) is 0 Å². The van der Waals surface area contributed by atoms with E-state index in [0.717, 1.165) is 33.5 Å². The fourth-order valence-electron chi connectivity index (χ4n) is 2.77. The summed E-state index contributed by atoms with van der Waals surface area (Å²) in [5.74, 6) is 2.12. The number of aliphatic hydroxyl groups excluding tert-OH is 1. The molecule has 0 radical (unpaired) electrons. The second kappa shape index (κ2) is 8.59. The van der Waals surface area contributed by atoms with Crippen molar-refractivity contribution in [1.29, 1.82) is 0 Å². The van der Waals surface area contributed by atoms with Gasteiger partial charge in [-0.3, -0.25) is 4.57 Å². The van der Waals surface area contributed by atoms with Gasteiger partial charge in [0.25, 0.3) is 0 Å². The number of rotatable bonds is 7. The molecule has 0 saturated carbocycles. The topological polar surface area (TPSA) is 60.2 Å². The van der Waals surface area contributed by atoms with Crippen LogP contribution in [0.1, 0.15) is 22.5 Å². The minimum Gasteiger partial charge on any atom is -0.491 e. The zero-order valence-corrected chi connectivity index (χ0v) is 17.0. The molecule has 0 bridgehead atoms. The predicted molar refractivity (Wildman–Crippen MR) is 109 cm³/mol. The zero-order chi connectivity index (χ0) is 19.4. The van der Waals surface area contributed by atoms with E-state index in [4.69, 9.17) is 4.74 Å². The Kier molecular flexibility index (Phi) is 6.19. The summed E-state index contributed by atoms with van der Waals surface area (Å²) in [6.45, 7) is 8.26. The summed E-state index contributed by atoms with van der Waals surface area (Å²) in [6, 6.07) is 14.3. The molecule has 1 atom stereocenters. The quantitative estimate of drug-likeness (QED) is 0.624. The molecule has 5 nitrogen and oxygen atoms in total. The van der Waals surface area contributed by atoms with Crippen LogP contribution in [0, 0.1) is 27.7 Å². The highest BCUT2D eigenvalue weighted by molar-refractivity contribution is 7.99. The summed E-state index contributed by atoms with van der Waals surface area (Å²) in [4.78, 5) is 0. The fraction of sp³-hybridized carbons (Fsp3) is 0.333. The molecule has 2 aromatic carbocycles. The smallest absolute Gasteiger partial charge is 0.195 e. The average molecular weight is 384 g/mol. The van der Waals surface area contributed by atoms with Gasteiger partial charge in [0.2, 0.25) is 0 Å². The molecule has 142 valence electrons. The van der Waals surface area contributed by atoms with Crippen LogP contribution in [0.3, 0.4) is 0 Å². The summed E-state index contributed by atoms with van der Waals surface area (Å²) in [5.41, 5.74) is 4.41. The molecule has 0 aliphatic carbocycles. The second-order valence-corrected chi connectivity index (χ2v) is 7.74. The average Bonchev–Trinajstić information content (AvgIpc) is 3.01. The lowest BCUT2D eigenvalue weighted by atomic mass is 10.1. The Hall–Kier alpha value is -2.31. The third-order valence-electron chi connectivity index (χ3n) is 4.23. The van der Waals surface area contributed by atoms with Gasteiger partial charge in [-0.05, 0) is 62.6 Å². The van der Waals surface area contributed by atoms with Gasteiger partial charge in [-0.2, -0.15) is 0 Å². The minimum atomic E-state index is -0.599. The van der Waals surface area contributed by atoms with Crippen LogP contribution in [0.15, 0.2) is 47.6 Å². The molecule has 3 rings (SSSR count). The summed E-state index contributed by atoms with van der Waals surface area (Å²) < 4.78 is 7.81. The van der Waals surface area contributed by atoms with Crippen LogP contribution in [-0.2, 0) is 0 Å². The van der Waals surface area contributed by atoms with E-state index in [1.807, 2.05) is 49.6 Å². The van der Waals surface area contributed by atoms with Gasteiger partial charge < -0.3 is 9.84 Å². The Morgan fingerprint density at radius 2 is 1.81 bits per heavy atom. The molecule has 1 heterocycles. The van der Waals surface area contributed by atoms with Crippen molar-refractivity contribution in [3.05, 3.63) is 65.0 Å². The second-order valence-electron chi connectivity index (χ2n) is 6.75. The van der Waals surface area contributed by atoms with Gasteiger partial charge in [-0.15, -0.1) is 10.2 Å². The van der Waals surface area contributed by atoms with Crippen molar-refractivity contribution in [2.45, 2.75) is 39.0 Å². The number of aryl methyl sites for hydroxylation is 4. The highest BCUT2D eigenvalue weighted by atomic mass is 32.2. The van der Waals surface area contributed by atoms with Gasteiger partial charge in [0.15, 0.2) is 5.16 Å². The molecule has 0 saturated heterocycles. The lowest BCUT2D eigenvalue weighted by Crippen LogP contribution is -2.20. The van der Waals surface area contributed by atoms with Crippen molar-refractivity contribution in [3.8, 4) is 11.4 Å². The third kappa shape index (κ3) is 4.90. The molecule has 1 aromatic heterocycles. The first-order valence-electron chi connectivity index (χ1n) is 8.94. The first-order valence-corrected chi connectivity index (χ1v) is 9.92. The number of hydrogen-bond acceptors (Lipinski definition) is 5. The number of nitrogens with zero attached hydrogens (tertiary/aromatic N) is 3. The van der Waals surface area contributed by atoms with E-state index in [-0.39, 0.29) is 6.61 Å². The van der Waals surface area contributed by atoms with E-state index >= 15 is 0 Å². The van der Waals surface area contributed by atoms with Crippen LogP contribution in [-0.4, -0.2) is 38.3 Å². The number of aromatic nitrogens is 3. The lowest BCUT2D eigenvalue weighted by Gasteiger charge is -2.14. The molecule has 0 aliphatic rings. The number of aliphatic hydroxyl groups is 1. The Morgan fingerprint density at radius 3 is 2.59 bits per heavy atom. The molecule has 0 spiro atoms. The first kappa shape index (κ1) is 19.5. The van der Waals surface area contributed by atoms with Crippen molar-refractivity contribution in [2.24, 2.45) is 0 Å². The van der Waals surface area contributed by atoms with Crippen LogP contribution < -0.4 is 4.74 Å². The van der Waals surface area contributed by atoms with E-state index in [1.54, 1.807) is 0 Å². The number of ether oxygens (including phenoxy) is 1. The monoisotopic (exact) mass is 383 g/mol. The molecular formula is C21H25N3O2S. The maximum atomic E-state index is 10.3. The van der Waals surface area contributed by atoms with Crippen molar-refractivity contribution in [2.75, 3.05) is 12.4 Å². The molecule has 6 heteroatoms. The zero-order valence-electron chi connectivity index (χ0n) is 16.1. The van der Waals surface area contributed by atoms with E-state index in [1.165, 1.54) is 17.3 Å². The van der Waals surface area contributed by atoms with E-state index < -0.39 is 6.10 Å². The predicted octanol–water partition coefficient (Wildman–Crippen LogP) is 4.03. The Bertz CT molecular complexity index is 924. The third-order valence-corrected chi connectivity index (χ3v) is 5.31. The molecule has 27 heavy (non-hydrogen) atoms. The van der Waals surface area contributed by atoms with Crippen molar-refractivity contribution in [1.82, 2.24) is 14.8 Å². The molecule has 3 aromatic rings. The Morgan fingerprint density at radius 1 is 1.04 bits per heavy atom. The van der Waals surface area contributed by atoms with Crippen molar-refractivity contribution >= 4 is 11.8 Å².